The van der Waals surface area contributed by atoms with E-state index < -0.39 is 16.0 Å². The van der Waals surface area contributed by atoms with E-state index in [4.69, 9.17) is 5.11 Å². The van der Waals surface area contributed by atoms with Crippen molar-refractivity contribution in [2.75, 3.05) is 0 Å². The molecule has 1 aromatic carbocycles. The monoisotopic (exact) mass is 319 g/mol. The van der Waals surface area contributed by atoms with E-state index in [0.29, 0.717) is 4.47 Å². The minimum Gasteiger partial charge on any atom is -0.478 e. The summed E-state index contributed by atoms with van der Waals surface area (Å²) in [7, 11) is -3.62. The minimum atomic E-state index is -3.62. The van der Waals surface area contributed by atoms with Crippen LogP contribution in [0.5, 0.6) is 0 Å². The molecular weight excluding hydrogens is 310 g/mol. The van der Waals surface area contributed by atoms with Gasteiger partial charge in [0.15, 0.2) is 0 Å². The molecule has 17 heavy (non-hydrogen) atoms. The van der Waals surface area contributed by atoms with Crippen LogP contribution in [-0.4, -0.2) is 25.5 Å². The number of halogens is 1. The molecule has 2 N–H and O–H groups in total. The lowest BCUT2D eigenvalue weighted by Crippen LogP contribution is -2.25. The van der Waals surface area contributed by atoms with Crippen LogP contribution in [0, 0.1) is 0 Å². The summed E-state index contributed by atoms with van der Waals surface area (Å²) in [4.78, 5) is 10.8. The topological polar surface area (TPSA) is 83.5 Å². The zero-order valence-corrected chi connectivity index (χ0v) is 11.1. The van der Waals surface area contributed by atoms with Gasteiger partial charge in [0, 0.05) is 10.5 Å². The van der Waals surface area contributed by atoms with Gasteiger partial charge in [0.25, 0.3) is 0 Å². The molecule has 1 aliphatic carbocycles. The third kappa shape index (κ3) is 3.05. The van der Waals surface area contributed by atoms with Gasteiger partial charge in [0.2, 0.25) is 10.0 Å². The Morgan fingerprint density at radius 2 is 2.00 bits per heavy atom. The molecule has 0 radical (unpaired) electrons. The molecule has 0 aliphatic heterocycles. The van der Waals surface area contributed by atoms with Crippen molar-refractivity contribution in [2.45, 2.75) is 23.8 Å². The fraction of sp³-hybridized carbons (Fsp3) is 0.300. The molecule has 0 bridgehead atoms. The Morgan fingerprint density at radius 3 is 2.53 bits per heavy atom. The number of carbonyl (C=O) groups is 1. The number of carboxylic acids is 1. The first-order valence-corrected chi connectivity index (χ1v) is 7.22. The van der Waals surface area contributed by atoms with Gasteiger partial charge in [-0.1, -0.05) is 15.9 Å². The van der Waals surface area contributed by atoms with Crippen molar-refractivity contribution in [3.63, 3.8) is 0 Å². The van der Waals surface area contributed by atoms with Crippen molar-refractivity contribution in [1.29, 1.82) is 0 Å². The number of hydrogen-bond acceptors (Lipinski definition) is 3. The van der Waals surface area contributed by atoms with Gasteiger partial charge in [0.05, 0.1) is 10.5 Å². The molecule has 1 saturated carbocycles. The van der Waals surface area contributed by atoms with Gasteiger partial charge >= 0.3 is 5.97 Å². The van der Waals surface area contributed by atoms with Crippen LogP contribution < -0.4 is 4.72 Å². The van der Waals surface area contributed by atoms with Crippen molar-refractivity contribution < 1.29 is 18.3 Å². The molecule has 0 spiro atoms. The summed E-state index contributed by atoms with van der Waals surface area (Å²) in [5, 5.41) is 8.86. The minimum absolute atomic E-state index is 0.00717. The first-order chi connectivity index (χ1) is 7.88. The van der Waals surface area contributed by atoms with E-state index in [9.17, 15) is 13.2 Å². The first-order valence-electron chi connectivity index (χ1n) is 4.95. The Hall–Kier alpha value is -0.920. The van der Waals surface area contributed by atoms with E-state index in [2.05, 4.69) is 20.7 Å². The van der Waals surface area contributed by atoms with Gasteiger partial charge in [-0.15, -0.1) is 0 Å². The van der Waals surface area contributed by atoms with Gasteiger partial charge in [-0.25, -0.2) is 17.9 Å². The molecule has 0 amide bonds. The summed E-state index contributed by atoms with van der Waals surface area (Å²) in [5.41, 5.74) is -0.0597. The molecule has 1 fully saturated rings. The third-order valence-corrected chi connectivity index (χ3v) is 4.29. The third-order valence-electron chi connectivity index (χ3n) is 2.33. The van der Waals surface area contributed by atoms with Gasteiger partial charge in [-0.05, 0) is 31.0 Å². The van der Waals surface area contributed by atoms with E-state index in [1.165, 1.54) is 12.1 Å². The van der Waals surface area contributed by atoms with Crippen LogP contribution in [0.3, 0.4) is 0 Å². The van der Waals surface area contributed by atoms with Crippen LogP contribution in [0.4, 0.5) is 0 Å². The predicted octanol–water partition coefficient (Wildman–Crippen LogP) is 1.59. The summed E-state index contributed by atoms with van der Waals surface area (Å²) in [6, 6.07) is 3.89. The molecule has 7 heteroatoms. The fourth-order valence-electron chi connectivity index (χ4n) is 1.33. The van der Waals surface area contributed by atoms with Gasteiger partial charge in [-0.2, -0.15) is 0 Å². The Morgan fingerprint density at radius 1 is 1.35 bits per heavy atom. The van der Waals surface area contributed by atoms with Crippen molar-refractivity contribution in [2.24, 2.45) is 0 Å². The lowest BCUT2D eigenvalue weighted by atomic mass is 10.2. The fourth-order valence-corrected chi connectivity index (χ4v) is 3.35. The summed E-state index contributed by atoms with van der Waals surface area (Å²) in [6.45, 7) is 0. The Labute approximate surface area is 107 Å². The van der Waals surface area contributed by atoms with Crippen molar-refractivity contribution >= 4 is 31.9 Å². The predicted molar refractivity (Wildman–Crippen MR) is 64.4 cm³/mol. The molecule has 92 valence electrons. The second kappa shape index (κ2) is 4.40. The maximum atomic E-state index is 11.9. The van der Waals surface area contributed by atoms with Gasteiger partial charge in [0.1, 0.15) is 0 Å². The van der Waals surface area contributed by atoms with E-state index in [1.54, 1.807) is 0 Å². The number of hydrogen-bond donors (Lipinski definition) is 2. The quantitative estimate of drug-likeness (QED) is 0.882. The van der Waals surface area contributed by atoms with Gasteiger partial charge < -0.3 is 5.11 Å². The molecule has 1 aliphatic rings. The maximum Gasteiger partial charge on any atom is 0.335 e. The number of carboxylic acid groups (broad SMARTS) is 1. The van der Waals surface area contributed by atoms with Crippen LogP contribution in [0.15, 0.2) is 27.6 Å². The van der Waals surface area contributed by atoms with E-state index >= 15 is 0 Å². The van der Waals surface area contributed by atoms with Crippen LogP contribution >= 0.6 is 15.9 Å². The summed E-state index contributed by atoms with van der Waals surface area (Å²) >= 11 is 3.10. The van der Waals surface area contributed by atoms with Crippen LogP contribution in [0.2, 0.25) is 0 Å². The molecule has 0 unspecified atom stereocenters. The molecule has 1 aromatic rings. The van der Waals surface area contributed by atoms with E-state index in [-0.39, 0.29) is 16.5 Å². The van der Waals surface area contributed by atoms with E-state index in [1.807, 2.05) is 0 Å². The zero-order valence-electron chi connectivity index (χ0n) is 8.68. The molecular formula is C10H10BrNO4S. The Balaban J connectivity index is 2.40. The lowest BCUT2D eigenvalue weighted by molar-refractivity contribution is 0.0696. The average Bonchev–Trinajstić information content (AvgIpc) is 3.00. The molecule has 5 nitrogen and oxygen atoms in total. The van der Waals surface area contributed by atoms with Crippen LogP contribution in [0.1, 0.15) is 23.2 Å². The zero-order chi connectivity index (χ0) is 12.6. The molecule has 0 saturated heterocycles. The van der Waals surface area contributed by atoms with Crippen LogP contribution in [0.25, 0.3) is 0 Å². The molecule has 2 rings (SSSR count). The number of benzene rings is 1. The maximum absolute atomic E-state index is 11.9. The highest BCUT2D eigenvalue weighted by atomic mass is 79.9. The average molecular weight is 320 g/mol. The number of nitrogens with one attached hydrogen (secondary N) is 1. The standard InChI is InChI=1S/C10H10BrNO4S/c11-7-3-6(10(13)14)4-9(5-7)17(15,16)12-8-1-2-8/h3-5,8,12H,1-2H2,(H,13,14). The molecule has 0 heterocycles. The highest BCUT2D eigenvalue weighted by molar-refractivity contribution is 9.10. The van der Waals surface area contributed by atoms with Crippen LogP contribution in [-0.2, 0) is 10.0 Å². The smallest absolute Gasteiger partial charge is 0.335 e. The van der Waals surface area contributed by atoms with Crippen molar-refractivity contribution in [3.8, 4) is 0 Å². The lowest BCUT2D eigenvalue weighted by Gasteiger charge is -2.07. The van der Waals surface area contributed by atoms with Crippen molar-refractivity contribution in [1.82, 2.24) is 4.72 Å². The normalized spacial score (nSPS) is 15.8. The summed E-state index contributed by atoms with van der Waals surface area (Å²) < 4.78 is 26.7. The second-order valence-electron chi connectivity index (χ2n) is 3.88. The number of sulfonamides is 1. The largest absolute Gasteiger partial charge is 0.478 e. The van der Waals surface area contributed by atoms with Gasteiger partial charge in [-0.3, -0.25) is 0 Å². The first kappa shape index (κ1) is 12.5. The highest BCUT2D eigenvalue weighted by Crippen LogP contribution is 2.24. The van der Waals surface area contributed by atoms with E-state index in [0.717, 1.165) is 18.9 Å². The van der Waals surface area contributed by atoms with Crippen molar-refractivity contribution in [3.05, 3.63) is 28.2 Å². The highest BCUT2D eigenvalue weighted by Gasteiger charge is 2.28. The number of aromatic carboxylic acids is 1. The Kier molecular flexibility index (Phi) is 3.24. The second-order valence-corrected chi connectivity index (χ2v) is 6.51. The summed E-state index contributed by atoms with van der Waals surface area (Å²) in [6.07, 6.45) is 1.66. The SMILES string of the molecule is O=C(O)c1cc(Br)cc(S(=O)(=O)NC2CC2)c1. The Bertz CT molecular complexity index is 566. The number of rotatable bonds is 4. The molecule has 0 aromatic heterocycles. The molecule has 0 atom stereocenters. The summed E-state index contributed by atoms with van der Waals surface area (Å²) in [5.74, 6) is -1.16.